The number of hydrogen-bond acceptors (Lipinski definition) is 1. The van der Waals surface area contributed by atoms with Crippen molar-refractivity contribution in [2.45, 2.75) is 45.6 Å². The summed E-state index contributed by atoms with van der Waals surface area (Å²) in [4.78, 5) is 0. The lowest BCUT2D eigenvalue weighted by molar-refractivity contribution is 0.142. The first kappa shape index (κ1) is 14.0. The van der Waals surface area contributed by atoms with Crippen molar-refractivity contribution in [1.82, 2.24) is 0 Å². The van der Waals surface area contributed by atoms with Gasteiger partial charge in [0.1, 0.15) is 0 Å². The van der Waals surface area contributed by atoms with Crippen molar-refractivity contribution >= 4 is 6.08 Å². The van der Waals surface area contributed by atoms with Crippen molar-refractivity contribution in [2.24, 2.45) is 5.92 Å². The molecule has 0 aliphatic carbocycles. The first-order chi connectivity index (χ1) is 8.27. The molecule has 0 aromatic heterocycles. The smallest absolute Gasteiger partial charge is 0.0752 e. The molecule has 0 bridgehead atoms. The maximum absolute atomic E-state index is 10.1. The minimum absolute atomic E-state index is 0.313. The monoisotopic (exact) mass is 232 g/mol. The Kier molecular flexibility index (Phi) is 6.64. The van der Waals surface area contributed by atoms with Crippen molar-refractivity contribution in [3.63, 3.8) is 0 Å². The third-order valence-electron chi connectivity index (χ3n) is 3.22. The number of aliphatic hydroxyl groups excluding tert-OH is 1. The molecule has 0 aliphatic rings. The van der Waals surface area contributed by atoms with Crippen LogP contribution in [0.1, 0.15) is 45.1 Å². The summed E-state index contributed by atoms with van der Waals surface area (Å²) >= 11 is 0. The summed E-state index contributed by atoms with van der Waals surface area (Å²) in [6.07, 6.45) is 8.19. The fourth-order valence-electron chi connectivity index (χ4n) is 2.01. The Morgan fingerprint density at radius 2 is 1.88 bits per heavy atom. The predicted octanol–water partition coefficient (Wildman–Crippen LogP) is 4.28. The molecule has 0 saturated carbocycles. The van der Waals surface area contributed by atoms with Gasteiger partial charge in [0.05, 0.1) is 6.10 Å². The molecule has 2 unspecified atom stereocenters. The van der Waals surface area contributed by atoms with E-state index < -0.39 is 0 Å². The van der Waals surface area contributed by atoms with Crippen LogP contribution in [0, 0.1) is 5.92 Å². The lowest BCUT2D eigenvalue weighted by atomic mass is 9.93. The highest BCUT2D eigenvalue weighted by atomic mass is 16.3. The molecular weight excluding hydrogens is 208 g/mol. The van der Waals surface area contributed by atoms with Gasteiger partial charge in [0.15, 0.2) is 0 Å². The van der Waals surface area contributed by atoms with Crippen LogP contribution < -0.4 is 0 Å². The van der Waals surface area contributed by atoms with Gasteiger partial charge in [0.25, 0.3) is 0 Å². The summed E-state index contributed by atoms with van der Waals surface area (Å²) in [5.74, 6) is 0.398. The molecular formula is C16H24O. The van der Waals surface area contributed by atoms with Gasteiger partial charge in [-0.25, -0.2) is 0 Å². The maximum atomic E-state index is 10.1. The van der Waals surface area contributed by atoms with Crippen LogP contribution in [-0.4, -0.2) is 11.2 Å². The summed E-state index contributed by atoms with van der Waals surface area (Å²) < 4.78 is 0. The van der Waals surface area contributed by atoms with Gasteiger partial charge in [-0.15, -0.1) is 0 Å². The van der Waals surface area contributed by atoms with Gasteiger partial charge in [-0.1, -0.05) is 75.6 Å². The zero-order valence-corrected chi connectivity index (χ0v) is 11.0. The molecule has 0 spiro atoms. The predicted molar refractivity (Wildman–Crippen MR) is 74.8 cm³/mol. The lowest BCUT2D eigenvalue weighted by Crippen LogP contribution is -2.17. The molecule has 0 saturated heterocycles. The fraction of sp³-hybridized carbons (Fsp3) is 0.500. The molecule has 1 N–H and O–H groups in total. The van der Waals surface area contributed by atoms with Crippen LogP contribution in [-0.2, 0) is 0 Å². The molecule has 1 aromatic carbocycles. The van der Waals surface area contributed by atoms with Gasteiger partial charge in [0, 0.05) is 0 Å². The summed E-state index contributed by atoms with van der Waals surface area (Å²) in [5.41, 5.74) is 1.15. The molecule has 0 amide bonds. The van der Waals surface area contributed by atoms with Gasteiger partial charge < -0.3 is 5.11 Å². The normalized spacial score (nSPS) is 15.0. The second kappa shape index (κ2) is 8.08. The Balaban J connectivity index is 2.51. The van der Waals surface area contributed by atoms with Gasteiger partial charge in [0.2, 0.25) is 0 Å². The molecule has 1 nitrogen and oxygen atoms in total. The quantitative estimate of drug-likeness (QED) is 0.744. The molecule has 1 aromatic rings. The minimum atomic E-state index is -0.313. The Labute approximate surface area is 105 Å². The average molecular weight is 232 g/mol. The number of benzene rings is 1. The third kappa shape index (κ3) is 5.18. The van der Waals surface area contributed by atoms with Crippen LogP contribution in [0.2, 0.25) is 0 Å². The Hall–Kier alpha value is -1.08. The van der Waals surface area contributed by atoms with Crippen molar-refractivity contribution < 1.29 is 5.11 Å². The summed E-state index contributed by atoms with van der Waals surface area (Å²) in [5, 5.41) is 10.1. The van der Waals surface area contributed by atoms with Crippen LogP contribution in [0.5, 0.6) is 0 Å². The van der Waals surface area contributed by atoms with Crippen LogP contribution in [0.3, 0.4) is 0 Å². The fourth-order valence-corrected chi connectivity index (χ4v) is 2.01. The van der Waals surface area contributed by atoms with E-state index in [9.17, 15) is 5.11 Å². The standard InChI is InChI=1S/C16H24O/c1-3-5-11-15(4-2)16(17)13-12-14-9-7-6-8-10-14/h6-10,12-13,15-17H,3-5,11H2,1-2H3/b13-12+. The second-order valence-corrected chi connectivity index (χ2v) is 4.57. The van der Waals surface area contributed by atoms with E-state index in [0.29, 0.717) is 5.92 Å². The summed E-state index contributed by atoms with van der Waals surface area (Å²) in [6.45, 7) is 4.35. The van der Waals surface area contributed by atoms with Crippen LogP contribution in [0.25, 0.3) is 6.08 Å². The first-order valence-electron chi connectivity index (χ1n) is 6.69. The molecule has 0 fully saturated rings. The molecule has 17 heavy (non-hydrogen) atoms. The first-order valence-corrected chi connectivity index (χ1v) is 6.69. The molecule has 94 valence electrons. The van der Waals surface area contributed by atoms with E-state index in [2.05, 4.69) is 26.0 Å². The number of rotatable bonds is 7. The van der Waals surface area contributed by atoms with E-state index in [4.69, 9.17) is 0 Å². The Bertz CT molecular complexity index is 316. The van der Waals surface area contributed by atoms with Crippen LogP contribution in [0.4, 0.5) is 0 Å². The van der Waals surface area contributed by atoms with E-state index >= 15 is 0 Å². The molecule has 1 rings (SSSR count). The molecule has 2 atom stereocenters. The summed E-state index contributed by atoms with van der Waals surface area (Å²) in [7, 11) is 0. The third-order valence-corrected chi connectivity index (χ3v) is 3.22. The minimum Gasteiger partial charge on any atom is -0.389 e. The van der Waals surface area contributed by atoms with Gasteiger partial charge in [-0.3, -0.25) is 0 Å². The van der Waals surface area contributed by atoms with E-state index in [1.165, 1.54) is 12.8 Å². The van der Waals surface area contributed by atoms with Crippen LogP contribution in [0.15, 0.2) is 36.4 Å². The molecule has 0 heterocycles. The van der Waals surface area contributed by atoms with Crippen molar-refractivity contribution in [2.75, 3.05) is 0 Å². The number of hydrogen-bond donors (Lipinski definition) is 1. The zero-order chi connectivity index (χ0) is 12.5. The van der Waals surface area contributed by atoms with Crippen molar-refractivity contribution in [3.8, 4) is 0 Å². The largest absolute Gasteiger partial charge is 0.389 e. The highest BCUT2D eigenvalue weighted by Crippen LogP contribution is 2.18. The molecule has 0 aliphatic heterocycles. The average Bonchev–Trinajstić information content (AvgIpc) is 2.38. The number of unbranched alkanes of at least 4 members (excludes halogenated alkanes) is 1. The van der Waals surface area contributed by atoms with E-state index in [-0.39, 0.29) is 6.10 Å². The molecule has 0 radical (unpaired) electrons. The highest BCUT2D eigenvalue weighted by Gasteiger charge is 2.13. The van der Waals surface area contributed by atoms with Gasteiger partial charge >= 0.3 is 0 Å². The Morgan fingerprint density at radius 1 is 1.18 bits per heavy atom. The van der Waals surface area contributed by atoms with E-state index in [0.717, 1.165) is 18.4 Å². The maximum Gasteiger partial charge on any atom is 0.0752 e. The Morgan fingerprint density at radius 3 is 2.47 bits per heavy atom. The highest BCUT2D eigenvalue weighted by molar-refractivity contribution is 5.49. The van der Waals surface area contributed by atoms with Gasteiger partial charge in [-0.05, 0) is 17.9 Å². The van der Waals surface area contributed by atoms with Crippen molar-refractivity contribution in [3.05, 3.63) is 42.0 Å². The van der Waals surface area contributed by atoms with Crippen LogP contribution >= 0.6 is 0 Å². The van der Waals surface area contributed by atoms with E-state index in [1.807, 2.05) is 30.4 Å². The SMILES string of the molecule is CCCCC(CC)C(O)/C=C/c1ccccc1. The van der Waals surface area contributed by atoms with Crippen molar-refractivity contribution in [1.29, 1.82) is 0 Å². The molecule has 1 heteroatoms. The van der Waals surface area contributed by atoms with E-state index in [1.54, 1.807) is 0 Å². The summed E-state index contributed by atoms with van der Waals surface area (Å²) in [6, 6.07) is 10.1. The zero-order valence-electron chi connectivity index (χ0n) is 11.0. The second-order valence-electron chi connectivity index (χ2n) is 4.57. The lowest BCUT2D eigenvalue weighted by Gasteiger charge is -2.18. The van der Waals surface area contributed by atoms with Gasteiger partial charge in [-0.2, -0.15) is 0 Å². The number of aliphatic hydroxyl groups is 1. The topological polar surface area (TPSA) is 20.2 Å².